The molecular weight excluding hydrogens is 284 g/mol. The maximum absolute atomic E-state index is 12.0. The van der Waals surface area contributed by atoms with Gasteiger partial charge in [0, 0.05) is 29.3 Å². The molecule has 5 nitrogen and oxygen atoms in total. The Bertz CT molecular complexity index is 606. The van der Waals surface area contributed by atoms with E-state index in [4.69, 9.17) is 5.73 Å². The molecule has 1 aromatic carbocycles. The second-order valence-electron chi connectivity index (χ2n) is 4.95. The average Bonchev–Trinajstić information content (AvgIpc) is 2.88. The van der Waals surface area contributed by atoms with Crippen molar-refractivity contribution in [2.24, 2.45) is 0 Å². The summed E-state index contributed by atoms with van der Waals surface area (Å²) in [4.78, 5) is 18.2. The number of aromatic nitrogens is 1. The van der Waals surface area contributed by atoms with Gasteiger partial charge in [-0.2, -0.15) is 0 Å². The number of anilines is 3. The number of hydrogen-bond donors (Lipinski definition) is 2. The molecule has 0 unspecified atom stereocenters. The molecule has 3 N–H and O–H groups in total. The van der Waals surface area contributed by atoms with Gasteiger partial charge in [0.05, 0.1) is 0 Å². The molecule has 0 fully saturated rings. The largest absolute Gasteiger partial charge is 0.375 e. The molecule has 0 aliphatic rings. The molecule has 0 atom stereocenters. The molecule has 2 aromatic rings. The number of amides is 1. The second-order valence-corrected chi connectivity index (χ2v) is 5.84. The highest BCUT2D eigenvalue weighted by molar-refractivity contribution is 7.13. The van der Waals surface area contributed by atoms with Crippen molar-refractivity contribution in [1.29, 1.82) is 0 Å². The van der Waals surface area contributed by atoms with E-state index in [1.54, 1.807) is 5.38 Å². The fraction of sp³-hybridized carbons (Fsp3) is 0.333. The first kappa shape index (κ1) is 15.3. The number of nitrogens with one attached hydrogen (secondary N) is 1. The number of thiazole rings is 1. The zero-order chi connectivity index (χ0) is 15.4. The molecule has 0 bridgehead atoms. The van der Waals surface area contributed by atoms with E-state index in [0.717, 1.165) is 17.9 Å². The number of hydrogen-bond acceptors (Lipinski definition) is 5. The third kappa shape index (κ3) is 3.72. The van der Waals surface area contributed by atoms with Crippen LogP contribution in [0.4, 0.5) is 16.5 Å². The number of nitrogens with zero attached hydrogens (tertiary/aromatic N) is 2. The Labute approximate surface area is 128 Å². The van der Waals surface area contributed by atoms with E-state index < -0.39 is 0 Å². The summed E-state index contributed by atoms with van der Waals surface area (Å²) in [5.74, 6) is -0.244. The summed E-state index contributed by atoms with van der Waals surface area (Å²) in [6.07, 6.45) is 0. The first-order valence-corrected chi connectivity index (χ1v) is 7.78. The Hall–Kier alpha value is -2.08. The Morgan fingerprint density at radius 1 is 1.38 bits per heavy atom. The smallest absolute Gasteiger partial charge is 0.275 e. The van der Waals surface area contributed by atoms with E-state index in [2.05, 4.69) is 36.0 Å². The quantitative estimate of drug-likeness (QED) is 0.889. The molecule has 1 amide bonds. The lowest BCUT2D eigenvalue weighted by molar-refractivity contribution is 0.102. The van der Waals surface area contributed by atoms with Crippen molar-refractivity contribution >= 4 is 33.8 Å². The van der Waals surface area contributed by atoms with E-state index in [1.165, 1.54) is 11.3 Å². The third-order valence-electron chi connectivity index (χ3n) is 3.18. The van der Waals surface area contributed by atoms with Crippen molar-refractivity contribution in [3.8, 4) is 0 Å². The summed E-state index contributed by atoms with van der Waals surface area (Å²) in [5.41, 5.74) is 7.76. The summed E-state index contributed by atoms with van der Waals surface area (Å²) in [7, 11) is 0. The molecular formula is C15H20N4OS. The zero-order valence-corrected chi connectivity index (χ0v) is 13.3. The molecule has 1 heterocycles. The van der Waals surface area contributed by atoms with Gasteiger partial charge in [-0.1, -0.05) is 0 Å². The summed E-state index contributed by atoms with van der Waals surface area (Å²) in [6.45, 7) is 7.39. The SMILES string of the molecule is CCN(c1ccc(NC(=O)c2csc(N)n2)cc1)C(C)C. The fourth-order valence-electron chi connectivity index (χ4n) is 2.17. The van der Waals surface area contributed by atoms with Gasteiger partial charge in [-0.3, -0.25) is 4.79 Å². The van der Waals surface area contributed by atoms with Crippen LogP contribution in [0, 0.1) is 0 Å². The van der Waals surface area contributed by atoms with Gasteiger partial charge in [0.2, 0.25) is 0 Å². The lowest BCUT2D eigenvalue weighted by Gasteiger charge is -2.27. The van der Waals surface area contributed by atoms with E-state index in [9.17, 15) is 4.79 Å². The van der Waals surface area contributed by atoms with Gasteiger partial charge in [0.25, 0.3) is 5.91 Å². The van der Waals surface area contributed by atoms with Crippen molar-refractivity contribution in [1.82, 2.24) is 4.98 Å². The van der Waals surface area contributed by atoms with Gasteiger partial charge in [-0.25, -0.2) is 4.98 Å². The minimum atomic E-state index is -0.244. The number of rotatable bonds is 5. The lowest BCUT2D eigenvalue weighted by atomic mass is 10.2. The van der Waals surface area contributed by atoms with E-state index >= 15 is 0 Å². The van der Waals surface area contributed by atoms with Crippen LogP contribution in [0.2, 0.25) is 0 Å². The van der Waals surface area contributed by atoms with Crippen LogP contribution >= 0.6 is 11.3 Å². The van der Waals surface area contributed by atoms with Crippen LogP contribution in [-0.2, 0) is 0 Å². The molecule has 21 heavy (non-hydrogen) atoms. The van der Waals surface area contributed by atoms with Crippen LogP contribution < -0.4 is 16.0 Å². The Morgan fingerprint density at radius 2 is 2.05 bits per heavy atom. The van der Waals surface area contributed by atoms with Gasteiger partial charge >= 0.3 is 0 Å². The van der Waals surface area contributed by atoms with Gasteiger partial charge < -0.3 is 16.0 Å². The molecule has 2 rings (SSSR count). The van der Waals surface area contributed by atoms with Crippen LogP contribution in [-0.4, -0.2) is 23.5 Å². The lowest BCUT2D eigenvalue weighted by Crippen LogP contribution is -2.30. The van der Waals surface area contributed by atoms with Crippen molar-refractivity contribution in [2.75, 3.05) is 22.5 Å². The normalized spacial score (nSPS) is 10.7. The third-order valence-corrected chi connectivity index (χ3v) is 3.85. The van der Waals surface area contributed by atoms with Crippen molar-refractivity contribution in [3.05, 3.63) is 35.3 Å². The van der Waals surface area contributed by atoms with Crippen molar-refractivity contribution < 1.29 is 4.79 Å². The Balaban J connectivity index is 2.07. The summed E-state index contributed by atoms with van der Waals surface area (Å²) < 4.78 is 0. The van der Waals surface area contributed by atoms with Crippen LogP contribution in [0.25, 0.3) is 0 Å². The fourth-order valence-corrected chi connectivity index (χ4v) is 2.71. The highest BCUT2D eigenvalue weighted by Gasteiger charge is 2.11. The Kier molecular flexibility index (Phi) is 4.80. The number of benzene rings is 1. The summed E-state index contributed by atoms with van der Waals surface area (Å²) in [6, 6.07) is 8.25. The molecule has 6 heteroatoms. The van der Waals surface area contributed by atoms with Gasteiger partial charge in [-0.15, -0.1) is 11.3 Å². The Morgan fingerprint density at radius 3 is 2.52 bits per heavy atom. The maximum Gasteiger partial charge on any atom is 0.275 e. The average molecular weight is 304 g/mol. The van der Waals surface area contributed by atoms with Gasteiger partial charge in [-0.05, 0) is 45.0 Å². The van der Waals surface area contributed by atoms with Crippen LogP contribution in [0.1, 0.15) is 31.3 Å². The first-order chi connectivity index (χ1) is 10.0. The van der Waals surface area contributed by atoms with E-state index in [1.807, 2.05) is 24.3 Å². The standard InChI is InChI=1S/C15H20N4OS/c1-4-19(10(2)3)12-7-5-11(6-8-12)17-14(20)13-9-21-15(16)18-13/h5-10H,4H2,1-3H3,(H2,16,18)(H,17,20). The molecule has 0 aliphatic carbocycles. The van der Waals surface area contributed by atoms with Crippen LogP contribution in [0.5, 0.6) is 0 Å². The monoisotopic (exact) mass is 304 g/mol. The summed E-state index contributed by atoms with van der Waals surface area (Å²) >= 11 is 1.25. The molecule has 0 saturated carbocycles. The number of nitrogens with two attached hydrogens (primary N) is 1. The van der Waals surface area contributed by atoms with Crippen LogP contribution in [0.15, 0.2) is 29.6 Å². The van der Waals surface area contributed by atoms with Crippen molar-refractivity contribution in [2.45, 2.75) is 26.8 Å². The minimum absolute atomic E-state index is 0.244. The molecule has 0 aliphatic heterocycles. The number of carbonyl (C=O) groups is 1. The zero-order valence-electron chi connectivity index (χ0n) is 12.5. The molecule has 1 aromatic heterocycles. The van der Waals surface area contributed by atoms with Crippen molar-refractivity contribution in [3.63, 3.8) is 0 Å². The summed E-state index contributed by atoms with van der Waals surface area (Å²) in [5, 5.41) is 4.86. The molecule has 0 radical (unpaired) electrons. The number of nitrogen functional groups attached to an aromatic ring is 1. The van der Waals surface area contributed by atoms with E-state index in [-0.39, 0.29) is 5.91 Å². The van der Waals surface area contributed by atoms with E-state index in [0.29, 0.717) is 16.9 Å². The van der Waals surface area contributed by atoms with Gasteiger partial charge in [0.1, 0.15) is 5.69 Å². The first-order valence-electron chi connectivity index (χ1n) is 6.90. The predicted molar refractivity (Wildman–Crippen MR) is 89.1 cm³/mol. The maximum atomic E-state index is 12.0. The highest BCUT2D eigenvalue weighted by Crippen LogP contribution is 2.20. The second kappa shape index (κ2) is 6.58. The molecule has 112 valence electrons. The minimum Gasteiger partial charge on any atom is -0.375 e. The topological polar surface area (TPSA) is 71.2 Å². The van der Waals surface area contributed by atoms with Gasteiger partial charge in [0.15, 0.2) is 5.13 Å². The predicted octanol–water partition coefficient (Wildman–Crippen LogP) is 3.21. The highest BCUT2D eigenvalue weighted by atomic mass is 32.1. The number of carbonyl (C=O) groups excluding carboxylic acids is 1. The van der Waals surface area contributed by atoms with Crippen LogP contribution in [0.3, 0.4) is 0 Å². The molecule has 0 spiro atoms. The molecule has 0 saturated heterocycles.